The summed E-state index contributed by atoms with van der Waals surface area (Å²) in [6, 6.07) is 14.6. The zero-order valence-corrected chi connectivity index (χ0v) is 12.6. The summed E-state index contributed by atoms with van der Waals surface area (Å²) < 4.78 is 24.7. The van der Waals surface area contributed by atoms with Crippen LogP contribution in [0.25, 0.3) is 5.57 Å². The molecule has 0 amide bonds. The third-order valence-corrected chi connectivity index (χ3v) is 4.92. The van der Waals surface area contributed by atoms with Crippen LogP contribution in [0, 0.1) is 13.8 Å². The van der Waals surface area contributed by atoms with Gasteiger partial charge in [0.1, 0.15) is 0 Å². The molecule has 2 nitrogen and oxygen atoms in total. The minimum atomic E-state index is -3.33. The second-order valence-electron chi connectivity index (χ2n) is 5.04. The number of sulfone groups is 1. The van der Waals surface area contributed by atoms with Crippen LogP contribution in [0.4, 0.5) is 0 Å². The Morgan fingerprint density at radius 2 is 1.35 bits per heavy atom. The molecule has 104 valence electrons. The average Bonchev–Trinajstić information content (AvgIpc) is 2.39. The molecule has 0 aromatic heterocycles. The third-order valence-electron chi connectivity index (χ3n) is 3.20. The standard InChI is InChI=1S/C17H18O2S/c1-13-4-8-16(9-5-13)15(3)12-20(18,19)17-10-6-14(2)7-11-17/h4-11H,3,12H2,1-2H3. The third kappa shape index (κ3) is 3.36. The first-order chi connectivity index (χ1) is 9.38. The van der Waals surface area contributed by atoms with Crippen molar-refractivity contribution in [3.8, 4) is 0 Å². The Hall–Kier alpha value is -1.87. The van der Waals surface area contributed by atoms with Crippen LogP contribution in [0.5, 0.6) is 0 Å². The lowest BCUT2D eigenvalue weighted by Crippen LogP contribution is -2.08. The maximum atomic E-state index is 12.3. The van der Waals surface area contributed by atoms with Gasteiger partial charge in [-0.3, -0.25) is 0 Å². The molecule has 0 radical (unpaired) electrons. The quantitative estimate of drug-likeness (QED) is 0.857. The van der Waals surface area contributed by atoms with Crippen molar-refractivity contribution in [2.24, 2.45) is 0 Å². The summed E-state index contributed by atoms with van der Waals surface area (Å²) in [5, 5.41) is 0. The predicted molar refractivity (Wildman–Crippen MR) is 83.4 cm³/mol. The van der Waals surface area contributed by atoms with Crippen molar-refractivity contribution in [3.63, 3.8) is 0 Å². The lowest BCUT2D eigenvalue weighted by atomic mass is 10.1. The molecule has 0 aliphatic carbocycles. The summed E-state index contributed by atoms with van der Waals surface area (Å²) in [7, 11) is -3.33. The van der Waals surface area contributed by atoms with Gasteiger partial charge in [-0.25, -0.2) is 8.42 Å². The van der Waals surface area contributed by atoms with Gasteiger partial charge in [0.2, 0.25) is 0 Å². The molecule has 2 aromatic carbocycles. The fraction of sp³-hybridized carbons (Fsp3) is 0.176. The molecule has 0 saturated heterocycles. The molecular weight excluding hydrogens is 268 g/mol. The van der Waals surface area contributed by atoms with Gasteiger partial charge in [0.15, 0.2) is 9.84 Å². The average molecular weight is 286 g/mol. The molecule has 2 aromatic rings. The van der Waals surface area contributed by atoms with E-state index in [1.807, 2.05) is 50.2 Å². The molecule has 0 bridgehead atoms. The fourth-order valence-corrected chi connectivity index (χ4v) is 3.27. The van der Waals surface area contributed by atoms with Crippen molar-refractivity contribution in [2.45, 2.75) is 18.7 Å². The van der Waals surface area contributed by atoms with Crippen LogP contribution in [0.2, 0.25) is 0 Å². The summed E-state index contributed by atoms with van der Waals surface area (Å²) >= 11 is 0. The molecule has 0 aliphatic rings. The van der Waals surface area contributed by atoms with E-state index in [1.54, 1.807) is 12.1 Å². The highest BCUT2D eigenvalue weighted by Gasteiger charge is 2.16. The highest BCUT2D eigenvalue weighted by atomic mass is 32.2. The van der Waals surface area contributed by atoms with Crippen molar-refractivity contribution in [1.82, 2.24) is 0 Å². The largest absolute Gasteiger partial charge is 0.223 e. The number of hydrogen-bond donors (Lipinski definition) is 0. The van der Waals surface area contributed by atoms with Gasteiger partial charge in [-0.05, 0) is 37.1 Å². The van der Waals surface area contributed by atoms with E-state index in [0.29, 0.717) is 10.5 Å². The fourth-order valence-electron chi connectivity index (χ4n) is 1.93. The molecular formula is C17H18O2S. The minimum absolute atomic E-state index is 0.0564. The molecule has 0 unspecified atom stereocenters. The molecule has 0 atom stereocenters. The van der Waals surface area contributed by atoms with Crippen LogP contribution in [-0.2, 0) is 9.84 Å². The van der Waals surface area contributed by atoms with Crippen molar-refractivity contribution in [3.05, 3.63) is 71.8 Å². The van der Waals surface area contributed by atoms with Crippen LogP contribution < -0.4 is 0 Å². The SMILES string of the molecule is C=C(CS(=O)(=O)c1ccc(C)cc1)c1ccc(C)cc1. The van der Waals surface area contributed by atoms with E-state index in [0.717, 1.165) is 16.7 Å². The molecule has 0 fully saturated rings. The predicted octanol–water partition coefficient (Wildman–Crippen LogP) is 3.79. The van der Waals surface area contributed by atoms with Gasteiger partial charge in [0, 0.05) is 0 Å². The Bertz CT molecular complexity index is 709. The van der Waals surface area contributed by atoms with Crippen LogP contribution in [-0.4, -0.2) is 14.2 Å². The van der Waals surface area contributed by atoms with E-state index in [4.69, 9.17) is 0 Å². The van der Waals surface area contributed by atoms with E-state index in [1.165, 1.54) is 0 Å². The number of hydrogen-bond acceptors (Lipinski definition) is 2. The van der Waals surface area contributed by atoms with Crippen LogP contribution in [0.15, 0.2) is 60.0 Å². The zero-order valence-electron chi connectivity index (χ0n) is 11.8. The number of rotatable bonds is 4. The molecule has 0 spiro atoms. The molecule has 2 rings (SSSR count). The summed E-state index contributed by atoms with van der Waals surface area (Å²) in [5.41, 5.74) is 3.67. The van der Waals surface area contributed by atoms with Crippen molar-refractivity contribution in [1.29, 1.82) is 0 Å². The Kier molecular flexibility index (Phi) is 4.09. The van der Waals surface area contributed by atoms with Gasteiger partial charge in [-0.2, -0.15) is 0 Å². The van der Waals surface area contributed by atoms with Gasteiger partial charge in [0.05, 0.1) is 10.6 Å². The van der Waals surface area contributed by atoms with E-state index in [2.05, 4.69) is 6.58 Å². The summed E-state index contributed by atoms with van der Waals surface area (Å²) in [6.07, 6.45) is 0. The van der Waals surface area contributed by atoms with Crippen molar-refractivity contribution < 1.29 is 8.42 Å². The minimum Gasteiger partial charge on any atom is -0.223 e. The Morgan fingerprint density at radius 1 is 0.900 bits per heavy atom. The van der Waals surface area contributed by atoms with E-state index in [-0.39, 0.29) is 5.75 Å². The Balaban J connectivity index is 2.22. The van der Waals surface area contributed by atoms with Crippen molar-refractivity contribution in [2.75, 3.05) is 5.75 Å². The van der Waals surface area contributed by atoms with Gasteiger partial charge in [-0.15, -0.1) is 0 Å². The highest BCUT2D eigenvalue weighted by molar-refractivity contribution is 7.91. The van der Waals surface area contributed by atoms with E-state index in [9.17, 15) is 8.42 Å². The highest BCUT2D eigenvalue weighted by Crippen LogP contribution is 2.20. The van der Waals surface area contributed by atoms with Gasteiger partial charge < -0.3 is 0 Å². The van der Waals surface area contributed by atoms with E-state index >= 15 is 0 Å². The molecule has 3 heteroatoms. The second kappa shape index (κ2) is 5.63. The maximum Gasteiger partial charge on any atom is 0.182 e. The zero-order chi connectivity index (χ0) is 14.8. The molecule has 20 heavy (non-hydrogen) atoms. The Labute approximate surface area is 120 Å². The number of benzene rings is 2. The van der Waals surface area contributed by atoms with E-state index < -0.39 is 9.84 Å². The maximum absolute atomic E-state index is 12.3. The topological polar surface area (TPSA) is 34.1 Å². The molecule has 0 aliphatic heterocycles. The second-order valence-corrected chi connectivity index (χ2v) is 7.03. The normalized spacial score (nSPS) is 11.3. The summed E-state index contributed by atoms with van der Waals surface area (Å²) in [5.74, 6) is -0.0564. The lowest BCUT2D eigenvalue weighted by molar-refractivity contribution is 0.599. The molecule has 0 N–H and O–H groups in total. The van der Waals surface area contributed by atoms with Gasteiger partial charge >= 0.3 is 0 Å². The van der Waals surface area contributed by atoms with Crippen molar-refractivity contribution >= 4 is 15.4 Å². The van der Waals surface area contributed by atoms with Crippen LogP contribution in [0.1, 0.15) is 16.7 Å². The lowest BCUT2D eigenvalue weighted by Gasteiger charge is -2.08. The first kappa shape index (κ1) is 14.5. The number of aryl methyl sites for hydroxylation is 2. The smallest absolute Gasteiger partial charge is 0.182 e. The molecule has 0 heterocycles. The summed E-state index contributed by atoms with van der Waals surface area (Å²) in [6.45, 7) is 7.83. The first-order valence-electron chi connectivity index (χ1n) is 6.43. The van der Waals surface area contributed by atoms with Gasteiger partial charge in [-0.1, -0.05) is 54.1 Å². The van der Waals surface area contributed by atoms with Crippen LogP contribution in [0.3, 0.4) is 0 Å². The first-order valence-corrected chi connectivity index (χ1v) is 8.08. The monoisotopic (exact) mass is 286 g/mol. The summed E-state index contributed by atoms with van der Waals surface area (Å²) in [4.78, 5) is 0.344. The Morgan fingerprint density at radius 3 is 1.85 bits per heavy atom. The van der Waals surface area contributed by atoms with Gasteiger partial charge in [0.25, 0.3) is 0 Å². The molecule has 0 saturated carbocycles. The van der Waals surface area contributed by atoms with Crippen LogP contribution >= 0.6 is 0 Å².